The first-order valence-electron chi connectivity index (χ1n) is 9.37. The van der Waals surface area contributed by atoms with E-state index in [1.165, 1.54) is 5.56 Å². The summed E-state index contributed by atoms with van der Waals surface area (Å²) < 4.78 is 0. The smallest absolute Gasteiger partial charge is 0.451 e. The van der Waals surface area contributed by atoms with Crippen LogP contribution in [0.25, 0.3) is 0 Å². The Balaban J connectivity index is 1.83. The maximum absolute atomic E-state index is 11.7. The predicted octanol–water partition coefficient (Wildman–Crippen LogP) is 2.80. The maximum Gasteiger partial charge on any atom is 0.451 e. The first-order chi connectivity index (χ1) is 12.0. The Kier molecular flexibility index (Phi) is 7.94. The number of piperidine rings is 1. The molecule has 0 amide bonds. The zero-order valence-electron chi connectivity index (χ0n) is 15.1. The fourth-order valence-corrected chi connectivity index (χ4v) is 3.90. The average molecular weight is 347 g/mol. The second-order valence-corrected chi connectivity index (χ2v) is 7.17. The molecular formula is C19H30BNO4. The molecule has 0 bridgehead atoms. The average Bonchev–Trinajstić information content (AvgIpc) is 2.61. The molecule has 0 aromatic heterocycles. The van der Waals surface area contributed by atoms with Gasteiger partial charge in [0.25, 0.3) is 0 Å². The highest BCUT2D eigenvalue weighted by Gasteiger charge is 2.32. The fourth-order valence-electron chi connectivity index (χ4n) is 3.90. The molecule has 1 aromatic rings. The number of likely N-dealkylation sites (tertiary alicyclic amines) is 1. The van der Waals surface area contributed by atoms with E-state index in [4.69, 9.17) is 10.0 Å². The van der Waals surface area contributed by atoms with Crippen molar-refractivity contribution in [3.63, 3.8) is 0 Å². The van der Waals surface area contributed by atoms with Crippen molar-refractivity contribution in [3.8, 4) is 0 Å². The molecule has 0 radical (unpaired) electrons. The van der Waals surface area contributed by atoms with Gasteiger partial charge in [0.05, 0.1) is 5.92 Å². The SMILES string of the molecule is CC(c1ccccc1)N1CCC(C(CCCCB(O)O)C(=O)O)CC1. The van der Waals surface area contributed by atoms with Gasteiger partial charge in [0.2, 0.25) is 0 Å². The van der Waals surface area contributed by atoms with E-state index in [0.717, 1.165) is 32.4 Å². The van der Waals surface area contributed by atoms with Gasteiger partial charge >= 0.3 is 13.1 Å². The number of hydrogen-bond acceptors (Lipinski definition) is 4. The Labute approximate surface area is 150 Å². The van der Waals surface area contributed by atoms with Crippen molar-refractivity contribution < 1.29 is 19.9 Å². The van der Waals surface area contributed by atoms with Crippen molar-refractivity contribution in [2.45, 2.75) is 51.4 Å². The van der Waals surface area contributed by atoms with Gasteiger partial charge in [-0.25, -0.2) is 0 Å². The van der Waals surface area contributed by atoms with Crippen molar-refractivity contribution in [1.29, 1.82) is 0 Å². The minimum absolute atomic E-state index is 0.218. The van der Waals surface area contributed by atoms with E-state index in [1.54, 1.807) is 0 Å². The molecule has 2 atom stereocenters. The third-order valence-electron chi connectivity index (χ3n) is 5.52. The van der Waals surface area contributed by atoms with Gasteiger partial charge < -0.3 is 15.2 Å². The molecule has 1 aliphatic rings. The highest BCUT2D eigenvalue weighted by molar-refractivity contribution is 6.40. The van der Waals surface area contributed by atoms with E-state index < -0.39 is 13.1 Å². The third-order valence-corrected chi connectivity index (χ3v) is 5.52. The molecule has 2 unspecified atom stereocenters. The van der Waals surface area contributed by atoms with Gasteiger partial charge in [0.1, 0.15) is 0 Å². The van der Waals surface area contributed by atoms with Gasteiger partial charge in [0, 0.05) is 6.04 Å². The molecule has 5 nitrogen and oxygen atoms in total. The molecule has 1 saturated heterocycles. The second kappa shape index (κ2) is 9.95. The molecule has 1 fully saturated rings. The van der Waals surface area contributed by atoms with Crippen molar-refractivity contribution in [1.82, 2.24) is 4.90 Å². The van der Waals surface area contributed by atoms with Crippen LogP contribution in [0.5, 0.6) is 0 Å². The number of hydrogen-bond donors (Lipinski definition) is 3. The van der Waals surface area contributed by atoms with Crippen LogP contribution in [0.1, 0.15) is 50.6 Å². The molecular weight excluding hydrogens is 317 g/mol. The van der Waals surface area contributed by atoms with E-state index in [0.29, 0.717) is 25.2 Å². The molecule has 138 valence electrons. The van der Waals surface area contributed by atoms with Crippen LogP contribution in [0.3, 0.4) is 0 Å². The fraction of sp³-hybridized carbons (Fsp3) is 0.632. The Morgan fingerprint density at radius 2 is 1.84 bits per heavy atom. The summed E-state index contributed by atoms with van der Waals surface area (Å²) in [6.45, 7) is 4.07. The van der Waals surface area contributed by atoms with E-state index in [2.05, 4.69) is 36.1 Å². The molecule has 25 heavy (non-hydrogen) atoms. The molecule has 1 aliphatic heterocycles. The molecule has 1 aromatic carbocycles. The Bertz CT molecular complexity index is 517. The number of benzene rings is 1. The minimum Gasteiger partial charge on any atom is -0.481 e. The number of carboxylic acids is 1. The largest absolute Gasteiger partial charge is 0.481 e. The summed E-state index contributed by atoms with van der Waals surface area (Å²) in [5, 5.41) is 27.3. The third kappa shape index (κ3) is 6.14. The number of rotatable bonds is 9. The van der Waals surface area contributed by atoms with Gasteiger partial charge in [-0.2, -0.15) is 0 Å². The van der Waals surface area contributed by atoms with Crippen LogP contribution in [0.15, 0.2) is 30.3 Å². The number of nitrogens with zero attached hydrogens (tertiary/aromatic N) is 1. The first kappa shape index (κ1) is 20.0. The van der Waals surface area contributed by atoms with Crippen LogP contribution in [-0.4, -0.2) is 46.2 Å². The lowest BCUT2D eigenvalue weighted by Gasteiger charge is -2.38. The quantitative estimate of drug-likeness (QED) is 0.473. The van der Waals surface area contributed by atoms with E-state index in [9.17, 15) is 9.90 Å². The standard InChI is InChI=1S/C19H30BNO4/c1-15(16-7-3-2-4-8-16)21-13-10-17(11-14-21)18(19(22)23)9-5-6-12-20(24)25/h2-4,7-8,15,17-18,24-25H,5-6,9-14H2,1H3,(H,22,23). The van der Waals surface area contributed by atoms with Crippen molar-refractivity contribution in [2.75, 3.05) is 13.1 Å². The summed E-state index contributed by atoms with van der Waals surface area (Å²) >= 11 is 0. The van der Waals surface area contributed by atoms with Gasteiger partial charge in [-0.05, 0) is 57.1 Å². The van der Waals surface area contributed by atoms with Crippen LogP contribution in [0.2, 0.25) is 6.32 Å². The van der Waals surface area contributed by atoms with Crippen LogP contribution in [-0.2, 0) is 4.79 Å². The van der Waals surface area contributed by atoms with Gasteiger partial charge in [-0.3, -0.25) is 9.69 Å². The number of aliphatic carboxylic acids is 1. The van der Waals surface area contributed by atoms with Crippen molar-refractivity contribution in [2.24, 2.45) is 11.8 Å². The van der Waals surface area contributed by atoms with E-state index in [-0.39, 0.29) is 11.8 Å². The summed E-state index contributed by atoms with van der Waals surface area (Å²) in [7, 11) is -1.29. The van der Waals surface area contributed by atoms with Gasteiger partial charge in [-0.15, -0.1) is 0 Å². The lowest BCUT2D eigenvalue weighted by atomic mass is 9.78. The summed E-state index contributed by atoms with van der Waals surface area (Å²) in [6.07, 6.45) is 4.16. The zero-order chi connectivity index (χ0) is 18.2. The highest BCUT2D eigenvalue weighted by Crippen LogP contribution is 2.32. The maximum atomic E-state index is 11.7. The lowest BCUT2D eigenvalue weighted by molar-refractivity contribution is -0.144. The summed E-state index contributed by atoms with van der Waals surface area (Å²) in [4.78, 5) is 14.1. The van der Waals surface area contributed by atoms with Gasteiger partial charge in [-0.1, -0.05) is 43.2 Å². The van der Waals surface area contributed by atoms with Crippen LogP contribution >= 0.6 is 0 Å². The molecule has 1 heterocycles. The zero-order valence-corrected chi connectivity index (χ0v) is 15.1. The molecule has 2 rings (SSSR count). The monoisotopic (exact) mass is 347 g/mol. The van der Waals surface area contributed by atoms with Gasteiger partial charge in [0.15, 0.2) is 0 Å². The second-order valence-electron chi connectivity index (χ2n) is 7.17. The summed E-state index contributed by atoms with van der Waals surface area (Å²) in [6, 6.07) is 10.8. The topological polar surface area (TPSA) is 81.0 Å². The van der Waals surface area contributed by atoms with E-state index in [1.807, 2.05) is 6.07 Å². The normalized spacial score (nSPS) is 18.7. The number of carbonyl (C=O) groups is 1. The Morgan fingerprint density at radius 1 is 1.20 bits per heavy atom. The summed E-state index contributed by atoms with van der Waals surface area (Å²) in [5.74, 6) is -0.806. The Morgan fingerprint density at radius 3 is 2.40 bits per heavy atom. The molecule has 0 spiro atoms. The first-order valence-corrected chi connectivity index (χ1v) is 9.37. The molecule has 6 heteroatoms. The molecule has 0 aliphatic carbocycles. The van der Waals surface area contributed by atoms with E-state index >= 15 is 0 Å². The van der Waals surface area contributed by atoms with Crippen LogP contribution in [0, 0.1) is 11.8 Å². The summed E-state index contributed by atoms with van der Waals surface area (Å²) in [5.41, 5.74) is 1.30. The van der Waals surface area contributed by atoms with Crippen molar-refractivity contribution >= 4 is 13.1 Å². The lowest BCUT2D eigenvalue weighted by Crippen LogP contribution is -2.39. The van der Waals surface area contributed by atoms with Crippen molar-refractivity contribution in [3.05, 3.63) is 35.9 Å². The number of carboxylic acid groups (broad SMARTS) is 1. The van der Waals surface area contributed by atoms with Crippen LogP contribution < -0.4 is 0 Å². The highest BCUT2D eigenvalue weighted by atomic mass is 16.4. The minimum atomic E-state index is -1.29. The Hall–Kier alpha value is -1.37. The number of unbranched alkanes of at least 4 members (excludes halogenated alkanes) is 1. The van der Waals surface area contributed by atoms with Crippen LogP contribution in [0.4, 0.5) is 0 Å². The predicted molar refractivity (Wildman–Crippen MR) is 99.1 cm³/mol. The molecule has 3 N–H and O–H groups in total. The molecule has 0 saturated carbocycles.